The maximum Gasteiger partial charge on any atom is 0.224 e. The van der Waals surface area contributed by atoms with Crippen LogP contribution in [0.25, 0.3) is 0 Å². The molecule has 1 amide bonds. The molecule has 1 N–H and O–H groups in total. The molecule has 3 rings (SSSR count). The van der Waals surface area contributed by atoms with E-state index < -0.39 is 0 Å². The molecule has 0 saturated carbocycles. The molecule has 1 aliphatic heterocycles. The third-order valence-corrected chi connectivity index (χ3v) is 4.81. The number of nitrogens with one attached hydrogen (secondary N) is 1. The van der Waals surface area contributed by atoms with Gasteiger partial charge in [-0.05, 0) is 57.4 Å². The van der Waals surface area contributed by atoms with Crippen molar-refractivity contribution in [3.8, 4) is 5.75 Å². The summed E-state index contributed by atoms with van der Waals surface area (Å²) in [6.45, 7) is 10.3. The minimum atomic E-state index is -0.293. The second-order valence-corrected chi connectivity index (χ2v) is 7.83. The average Bonchev–Trinajstić information content (AvgIpc) is 2.48. The van der Waals surface area contributed by atoms with Gasteiger partial charge in [0.25, 0.3) is 0 Å². The zero-order chi connectivity index (χ0) is 18.2. The van der Waals surface area contributed by atoms with Crippen LogP contribution in [0.1, 0.15) is 54.1 Å². The van der Waals surface area contributed by atoms with Crippen molar-refractivity contribution in [3.05, 3.63) is 64.2 Å². The van der Waals surface area contributed by atoms with Gasteiger partial charge in [0.1, 0.15) is 11.4 Å². The standard InChI is InChI=1S/C22H27NO2/c1-14-6-8-17(16(3)10-14)12-21(24)23-19-13-22(4,5)25-20-11-15(2)7-9-18(19)20/h6-11,19H,12-13H2,1-5H3,(H,23,24). The Kier molecular flexibility index (Phi) is 4.59. The van der Waals surface area contributed by atoms with Crippen LogP contribution in [0.5, 0.6) is 5.75 Å². The Balaban J connectivity index is 1.79. The largest absolute Gasteiger partial charge is 0.487 e. The predicted molar refractivity (Wildman–Crippen MR) is 101 cm³/mol. The Labute approximate surface area is 150 Å². The highest BCUT2D eigenvalue weighted by molar-refractivity contribution is 5.79. The fourth-order valence-electron chi connectivity index (χ4n) is 3.55. The summed E-state index contributed by atoms with van der Waals surface area (Å²) in [5.41, 5.74) is 5.41. The summed E-state index contributed by atoms with van der Waals surface area (Å²) in [7, 11) is 0. The second kappa shape index (κ2) is 6.55. The Morgan fingerprint density at radius 2 is 1.80 bits per heavy atom. The highest BCUT2D eigenvalue weighted by atomic mass is 16.5. The molecule has 1 aliphatic rings. The lowest BCUT2D eigenvalue weighted by Gasteiger charge is -2.38. The van der Waals surface area contributed by atoms with Crippen molar-refractivity contribution in [1.29, 1.82) is 0 Å². The summed E-state index contributed by atoms with van der Waals surface area (Å²) in [6, 6.07) is 12.4. The van der Waals surface area contributed by atoms with E-state index in [1.165, 1.54) is 11.1 Å². The van der Waals surface area contributed by atoms with Gasteiger partial charge >= 0.3 is 0 Å². The number of benzene rings is 2. The quantitative estimate of drug-likeness (QED) is 0.891. The van der Waals surface area contributed by atoms with Gasteiger partial charge in [-0.3, -0.25) is 4.79 Å². The fraction of sp³-hybridized carbons (Fsp3) is 0.409. The summed E-state index contributed by atoms with van der Waals surface area (Å²) in [5, 5.41) is 3.22. The molecular weight excluding hydrogens is 310 g/mol. The lowest BCUT2D eigenvalue weighted by Crippen LogP contribution is -2.41. The van der Waals surface area contributed by atoms with Gasteiger partial charge in [0.2, 0.25) is 5.91 Å². The molecule has 1 heterocycles. The molecule has 0 saturated heterocycles. The van der Waals surface area contributed by atoms with Crippen LogP contribution < -0.4 is 10.1 Å². The van der Waals surface area contributed by atoms with E-state index >= 15 is 0 Å². The van der Waals surface area contributed by atoms with Crippen molar-refractivity contribution >= 4 is 5.91 Å². The van der Waals surface area contributed by atoms with E-state index in [4.69, 9.17) is 4.74 Å². The lowest BCUT2D eigenvalue weighted by molar-refractivity contribution is -0.121. The van der Waals surface area contributed by atoms with Crippen LogP contribution in [0.2, 0.25) is 0 Å². The molecular formula is C22H27NO2. The number of fused-ring (bicyclic) bond motifs is 1. The highest BCUT2D eigenvalue weighted by Gasteiger charge is 2.34. The third kappa shape index (κ3) is 4.04. The summed E-state index contributed by atoms with van der Waals surface area (Å²) < 4.78 is 6.11. The topological polar surface area (TPSA) is 38.3 Å². The van der Waals surface area contributed by atoms with Crippen molar-refractivity contribution in [2.24, 2.45) is 0 Å². The highest BCUT2D eigenvalue weighted by Crippen LogP contribution is 2.39. The molecule has 0 aliphatic carbocycles. The number of carbonyl (C=O) groups is 1. The number of hydrogen-bond acceptors (Lipinski definition) is 2. The van der Waals surface area contributed by atoms with Crippen molar-refractivity contribution in [3.63, 3.8) is 0 Å². The van der Waals surface area contributed by atoms with Crippen molar-refractivity contribution < 1.29 is 9.53 Å². The van der Waals surface area contributed by atoms with Crippen LogP contribution in [0.3, 0.4) is 0 Å². The molecule has 2 aromatic carbocycles. The SMILES string of the molecule is Cc1ccc(CC(=O)NC2CC(C)(C)Oc3cc(C)ccc32)c(C)c1. The van der Waals surface area contributed by atoms with Crippen molar-refractivity contribution in [1.82, 2.24) is 5.32 Å². The third-order valence-electron chi connectivity index (χ3n) is 4.81. The van der Waals surface area contributed by atoms with Gasteiger partial charge < -0.3 is 10.1 Å². The predicted octanol–water partition coefficient (Wildman–Crippen LogP) is 4.57. The number of carbonyl (C=O) groups excluding carboxylic acids is 1. The van der Waals surface area contributed by atoms with Gasteiger partial charge in [-0.2, -0.15) is 0 Å². The second-order valence-electron chi connectivity index (χ2n) is 7.83. The smallest absolute Gasteiger partial charge is 0.224 e. The zero-order valence-corrected chi connectivity index (χ0v) is 15.8. The summed E-state index contributed by atoms with van der Waals surface area (Å²) in [4.78, 5) is 12.7. The van der Waals surface area contributed by atoms with E-state index in [1.807, 2.05) is 0 Å². The summed E-state index contributed by atoms with van der Waals surface area (Å²) in [6.07, 6.45) is 1.17. The van der Waals surface area contributed by atoms with E-state index in [0.29, 0.717) is 6.42 Å². The molecule has 0 fully saturated rings. The molecule has 3 heteroatoms. The van der Waals surface area contributed by atoms with Crippen molar-refractivity contribution in [2.45, 2.75) is 59.1 Å². The Hall–Kier alpha value is -2.29. The molecule has 25 heavy (non-hydrogen) atoms. The molecule has 0 radical (unpaired) electrons. The maximum absolute atomic E-state index is 12.7. The first-order valence-corrected chi connectivity index (χ1v) is 8.88. The molecule has 0 aromatic heterocycles. The van der Waals surface area contributed by atoms with Gasteiger partial charge in [-0.15, -0.1) is 0 Å². The van der Waals surface area contributed by atoms with E-state index in [9.17, 15) is 4.79 Å². The van der Waals surface area contributed by atoms with E-state index in [1.54, 1.807) is 0 Å². The maximum atomic E-state index is 12.7. The van der Waals surface area contributed by atoms with Crippen LogP contribution in [0.15, 0.2) is 36.4 Å². The van der Waals surface area contributed by atoms with Gasteiger partial charge in [-0.25, -0.2) is 0 Å². The molecule has 2 aromatic rings. The van der Waals surface area contributed by atoms with Crippen LogP contribution in [0.4, 0.5) is 0 Å². The van der Waals surface area contributed by atoms with E-state index in [0.717, 1.165) is 28.9 Å². The number of amides is 1. The Morgan fingerprint density at radius 1 is 1.12 bits per heavy atom. The van der Waals surface area contributed by atoms with Gasteiger partial charge in [0.05, 0.1) is 12.5 Å². The fourth-order valence-corrected chi connectivity index (χ4v) is 3.55. The minimum absolute atomic E-state index is 0.0161. The van der Waals surface area contributed by atoms with Crippen LogP contribution in [0, 0.1) is 20.8 Å². The summed E-state index contributed by atoms with van der Waals surface area (Å²) in [5.74, 6) is 0.939. The van der Waals surface area contributed by atoms with Crippen LogP contribution in [-0.4, -0.2) is 11.5 Å². The lowest BCUT2D eigenvalue weighted by atomic mass is 9.89. The minimum Gasteiger partial charge on any atom is -0.487 e. The van der Waals surface area contributed by atoms with Crippen LogP contribution >= 0.6 is 0 Å². The average molecular weight is 337 g/mol. The molecule has 1 unspecified atom stereocenters. The molecule has 0 bridgehead atoms. The van der Waals surface area contributed by atoms with E-state index in [2.05, 4.69) is 76.3 Å². The summed E-state index contributed by atoms with van der Waals surface area (Å²) >= 11 is 0. The molecule has 3 nitrogen and oxygen atoms in total. The molecule has 0 spiro atoms. The Bertz CT molecular complexity index is 808. The number of aryl methyl sites for hydroxylation is 3. The van der Waals surface area contributed by atoms with E-state index in [-0.39, 0.29) is 17.6 Å². The first kappa shape index (κ1) is 17.5. The van der Waals surface area contributed by atoms with Gasteiger partial charge in [-0.1, -0.05) is 35.9 Å². The number of rotatable bonds is 3. The molecule has 132 valence electrons. The van der Waals surface area contributed by atoms with Crippen molar-refractivity contribution in [2.75, 3.05) is 0 Å². The Morgan fingerprint density at radius 3 is 2.52 bits per heavy atom. The zero-order valence-electron chi connectivity index (χ0n) is 15.8. The molecule has 1 atom stereocenters. The van der Waals surface area contributed by atoms with Gasteiger partial charge in [0.15, 0.2) is 0 Å². The monoisotopic (exact) mass is 337 g/mol. The van der Waals surface area contributed by atoms with Crippen LogP contribution in [-0.2, 0) is 11.2 Å². The number of hydrogen-bond donors (Lipinski definition) is 1. The first-order chi connectivity index (χ1) is 11.7. The normalized spacial score (nSPS) is 18.2. The van der Waals surface area contributed by atoms with Gasteiger partial charge in [0, 0.05) is 12.0 Å². The first-order valence-electron chi connectivity index (χ1n) is 8.88. The number of ether oxygens (including phenoxy) is 1.